The van der Waals surface area contributed by atoms with Crippen molar-refractivity contribution >= 4 is 12.0 Å². The highest BCUT2D eigenvalue weighted by atomic mass is 16.6. The first-order chi connectivity index (χ1) is 11.6. The molecule has 0 spiro atoms. The lowest BCUT2D eigenvalue weighted by atomic mass is 10.1. The molecule has 5 nitrogen and oxygen atoms in total. The summed E-state index contributed by atoms with van der Waals surface area (Å²) in [5.41, 5.74) is 0.866. The summed E-state index contributed by atoms with van der Waals surface area (Å²) in [6.07, 6.45) is 5.69. The molecule has 0 saturated heterocycles. The van der Waals surface area contributed by atoms with Crippen molar-refractivity contribution in [2.45, 2.75) is 32.7 Å². The van der Waals surface area contributed by atoms with Gasteiger partial charge in [-0.2, -0.15) is 0 Å². The normalized spacial score (nSPS) is 16.5. The number of hydrogen-bond acceptors (Lipinski definition) is 4. The molecule has 0 bridgehead atoms. The van der Waals surface area contributed by atoms with Crippen LogP contribution in [0.15, 0.2) is 18.2 Å². The highest BCUT2D eigenvalue weighted by Crippen LogP contribution is 2.40. The molecule has 1 amide bonds. The molecule has 0 radical (unpaired) electrons. The Balaban J connectivity index is 1.77. The van der Waals surface area contributed by atoms with Gasteiger partial charge in [0.25, 0.3) is 0 Å². The van der Waals surface area contributed by atoms with E-state index in [1.807, 2.05) is 23.1 Å². The molecule has 3 rings (SSSR count). The monoisotopic (exact) mass is 331 g/mol. The van der Waals surface area contributed by atoms with Gasteiger partial charge in [-0.05, 0) is 42.5 Å². The van der Waals surface area contributed by atoms with E-state index in [4.69, 9.17) is 14.2 Å². The second-order valence-corrected chi connectivity index (χ2v) is 6.70. The smallest absolute Gasteiger partial charge is 0.246 e. The summed E-state index contributed by atoms with van der Waals surface area (Å²) in [6, 6.07) is 4.16. The standard InChI is InChI=1S/C19H25NO4/c1-13(2)12-20(15-5-6-15)18(21)7-4-14-10-16(22-3)19-17(11-14)23-8-9-24-19/h4,7,10-11,13,15H,5-6,8-9,12H2,1-3H3/b7-4+. The number of carbonyl (C=O) groups is 1. The molecule has 1 saturated carbocycles. The zero-order valence-electron chi connectivity index (χ0n) is 14.6. The summed E-state index contributed by atoms with van der Waals surface area (Å²) in [6.45, 7) is 6.11. The maximum Gasteiger partial charge on any atom is 0.246 e. The Bertz CT molecular complexity index is 617. The van der Waals surface area contributed by atoms with Crippen LogP contribution >= 0.6 is 0 Å². The van der Waals surface area contributed by atoms with Crippen LogP contribution in [-0.2, 0) is 4.79 Å². The summed E-state index contributed by atoms with van der Waals surface area (Å²) >= 11 is 0. The summed E-state index contributed by atoms with van der Waals surface area (Å²) in [7, 11) is 1.60. The minimum absolute atomic E-state index is 0.0695. The molecule has 0 aromatic heterocycles. The summed E-state index contributed by atoms with van der Waals surface area (Å²) < 4.78 is 16.6. The molecule has 24 heavy (non-hydrogen) atoms. The Morgan fingerprint density at radius 1 is 1.33 bits per heavy atom. The van der Waals surface area contributed by atoms with Gasteiger partial charge < -0.3 is 19.1 Å². The van der Waals surface area contributed by atoms with Crippen LogP contribution in [0.2, 0.25) is 0 Å². The fraction of sp³-hybridized carbons (Fsp3) is 0.526. The highest BCUT2D eigenvalue weighted by molar-refractivity contribution is 5.92. The van der Waals surface area contributed by atoms with Crippen molar-refractivity contribution in [3.63, 3.8) is 0 Å². The Kier molecular flexibility index (Phi) is 4.97. The first-order valence-corrected chi connectivity index (χ1v) is 8.54. The molecule has 2 aliphatic rings. The first kappa shape index (κ1) is 16.7. The summed E-state index contributed by atoms with van der Waals surface area (Å²) in [5.74, 6) is 2.46. The predicted molar refractivity (Wildman–Crippen MR) is 92.6 cm³/mol. The van der Waals surface area contributed by atoms with E-state index in [1.54, 1.807) is 13.2 Å². The molecule has 1 heterocycles. The van der Waals surface area contributed by atoms with E-state index in [0.29, 0.717) is 42.4 Å². The quantitative estimate of drug-likeness (QED) is 0.752. The van der Waals surface area contributed by atoms with Gasteiger partial charge in [0.05, 0.1) is 7.11 Å². The Morgan fingerprint density at radius 2 is 2.08 bits per heavy atom. The van der Waals surface area contributed by atoms with Crippen molar-refractivity contribution in [1.82, 2.24) is 4.90 Å². The van der Waals surface area contributed by atoms with Gasteiger partial charge in [0.15, 0.2) is 11.5 Å². The van der Waals surface area contributed by atoms with Crippen molar-refractivity contribution in [2.24, 2.45) is 5.92 Å². The van der Waals surface area contributed by atoms with Gasteiger partial charge in [0.2, 0.25) is 11.7 Å². The van der Waals surface area contributed by atoms with E-state index in [1.165, 1.54) is 0 Å². The van der Waals surface area contributed by atoms with Gasteiger partial charge in [-0.15, -0.1) is 0 Å². The maximum absolute atomic E-state index is 12.5. The third-order valence-electron chi connectivity index (χ3n) is 4.10. The van der Waals surface area contributed by atoms with Gasteiger partial charge in [0, 0.05) is 18.7 Å². The van der Waals surface area contributed by atoms with Gasteiger partial charge in [-0.3, -0.25) is 4.79 Å². The molecule has 0 unspecified atom stereocenters. The van der Waals surface area contributed by atoms with E-state index in [9.17, 15) is 4.79 Å². The third kappa shape index (κ3) is 3.83. The van der Waals surface area contributed by atoms with E-state index < -0.39 is 0 Å². The number of ether oxygens (including phenoxy) is 3. The molecule has 1 aromatic carbocycles. The van der Waals surface area contributed by atoms with Crippen LogP contribution in [0.25, 0.3) is 6.08 Å². The van der Waals surface area contributed by atoms with Crippen molar-refractivity contribution in [3.8, 4) is 17.2 Å². The lowest BCUT2D eigenvalue weighted by Crippen LogP contribution is -2.34. The molecule has 0 N–H and O–H groups in total. The molecular weight excluding hydrogens is 306 g/mol. The van der Waals surface area contributed by atoms with Crippen LogP contribution < -0.4 is 14.2 Å². The summed E-state index contributed by atoms with van der Waals surface area (Å²) in [5, 5.41) is 0. The maximum atomic E-state index is 12.5. The second-order valence-electron chi connectivity index (χ2n) is 6.70. The van der Waals surface area contributed by atoms with Crippen LogP contribution in [0.4, 0.5) is 0 Å². The van der Waals surface area contributed by atoms with E-state index in [0.717, 1.165) is 24.9 Å². The number of fused-ring (bicyclic) bond motifs is 1. The number of amides is 1. The van der Waals surface area contributed by atoms with E-state index >= 15 is 0 Å². The number of nitrogens with zero attached hydrogens (tertiary/aromatic N) is 1. The fourth-order valence-corrected chi connectivity index (χ4v) is 2.85. The van der Waals surface area contributed by atoms with E-state index in [2.05, 4.69) is 13.8 Å². The van der Waals surface area contributed by atoms with Gasteiger partial charge in [0.1, 0.15) is 13.2 Å². The van der Waals surface area contributed by atoms with E-state index in [-0.39, 0.29) is 5.91 Å². The van der Waals surface area contributed by atoms with Crippen molar-refractivity contribution in [3.05, 3.63) is 23.8 Å². The minimum Gasteiger partial charge on any atom is -0.493 e. The van der Waals surface area contributed by atoms with Crippen LogP contribution in [0.5, 0.6) is 17.2 Å². The summed E-state index contributed by atoms with van der Waals surface area (Å²) in [4.78, 5) is 14.5. The van der Waals surface area contributed by atoms with Gasteiger partial charge in [-0.25, -0.2) is 0 Å². The molecule has 1 aliphatic heterocycles. The number of benzene rings is 1. The minimum atomic E-state index is 0.0695. The van der Waals surface area contributed by atoms with Crippen LogP contribution in [-0.4, -0.2) is 43.7 Å². The van der Waals surface area contributed by atoms with Crippen molar-refractivity contribution in [2.75, 3.05) is 26.9 Å². The molecule has 5 heteroatoms. The van der Waals surface area contributed by atoms with Crippen LogP contribution in [0, 0.1) is 5.92 Å². The Morgan fingerprint density at radius 3 is 2.75 bits per heavy atom. The van der Waals surface area contributed by atoms with Gasteiger partial charge >= 0.3 is 0 Å². The molecular formula is C19H25NO4. The molecule has 1 aromatic rings. The number of rotatable bonds is 6. The average Bonchev–Trinajstić information content (AvgIpc) is 3.41. The Hall–Kier alpha value is -2.17. The number of hydrogen-bond donors (Lipinski definition) is 0. The fourth-order valence-electron chi connectivity index (χ4n) is 2.85. The van der Waals surface area contributed by atoms with Crippen LogP contribution in [0.1, 0.15) is 32.3 Å². The van der Waals surface area contributed by atoms with Crippen molar-refractivity contribution in [1.29, 1.82) is 0 Å². The number of methoxy groups -OCH3 is 1. The molecule has 0 atom stereocenters. The largest absolute Gasteiger partial charge is 0.493 e. The lowest BCUT2D eigenvalue weighted by Gasteiger charge is -2.23. The molecule has 1 fully saturated rings. The highest BCUT2D eigenvalue weighted by Gasteiger charge is 2.31. The zero-order valence-corrected chi connectivity index (χ0v) is 14.6. The lowest BCUT2D eigenvalue weighted by molar-refractivity contribution is -0.127. The molecule has 1 aliphatic carbocycles. The molecule has 130 valence electrons. The number of carbonyl (C=O) groups excluding carboxylic acids is 1. The third-order valence-corrected chi connectivity index (χ3v) is 4.10. The first-order valence-electron chi connectivity index (χ1n) is 8.54. The predicted octanol–water partition coefficient (Wildman–Crippen LogP) is 3.13. The van der Waals surface area contributed by atoms with Gasteiger partial charge in [-0.1, -0.05) is 13.8 Å². The second kappa shape index (κ2) is 7.16. The SMILES string of the molecule is COc1cc(/C=C/C(=O)N(CC(C)C)C2CC2)cc2c1OCCO2. The van der Waals surface area contributed by atoms with Crippen molar-refractivity contribution < 1.29 is 19.0 Å². The average molecular weight is 331 g/mol. The van der Waals surface area contributed by atoms with Crippen LogP contribution in [0.3, 0.4) is 0 Å². The zero-order chi connectivity index (χ0) is 17.1. The Labute approximate surface area is 143 Å². The topological polar surface area (TPSA) is 48.0 Å².